The zero-order valence-corrected chi connectivity index (χ0v) is 14.1. The van der Waals surface area contributed by atoms with Crippen LogP contribution in [0.1, 0.15) is 31.4 Å². The average molecular weight is 303 g/mol. The highest BCUT2D eigenvalue weighted by atomic mass is 16.2. The Morgan fingerprint density at radius 3 is 2.50 bits per heavy atom. The van der Waals surface area contributed by atoms with Gasteiger partial charge in [0.05, 0.1) is 5.41 Å². The van der Waals surface area contributed by atoms with Crippen LogP contribution in [0.2, 0.25) is 0 Å². The zero-order chi connectivity index (χ0) is 16.0. The predicted molar refractivity (Wildman–Crippen MR) is 91.1 cm³/mol. The molecule has 1 aliphatic heterocycles. The summed E-state index contributed by atoms with van der Waals surface area (Å²) in [5, 5.41) is 6.45. The van der Waals surface area contributed by atoms with E-state index in [1.165, 1.54) is 5.56 Å². The molecule has 2 rings (SSSR count). The molecule has 0 spiro atoms. The van der Waals surface area contributed by atoms with E-state index in [1.54, 1.807) is 0 Å². The van der Waals surface area contributed by atoms with Crippen molar-refractivity contribution in [1.82, 2.24) is 15.5 Å². The maximum Gasteiger partial charge on any atom is 0.230 e. The fourth-order valence-electron chi connectivity index (χ4n) is 2.76. The van der Waals surface area contributed by atoms with Crippen molar-refractivity contribution < 1.29 is 4.79 Å². The van der Waals surface area contributed by atoms with E-state index < -0.39 is 5.41 Å². The molecule has 122 valence electrons. The van der Waals surface area contributed by atoms with Gasteiger partial charge >= 0.3 is 0 Å². The standard InChI is InChI=1S/C18H29N3O/c1-15-5-7-16(8-6-15)18(2,3)17(22)20-9-4-12-21-13-10-19-11-14-21/h5-8,19H,4,9-14H2,1-3H3,(H,20,22). The Bertz CT molecular complexity index is 476. The highest BCUT2D eigenvalue weighted by Gasteiger charge is 2.29. The first-order valence-electron chi connectivity index (χ1n) is 8.28. The number of amides is 1. The van der Waals surface area contributed by atoms with Crippen LogP contribution in [0, 0.1) is 6.92 Å². The summed E-state index contributed by atoms with van der Waals surface area (Å²) in [5.74, 6) is 0.108. The Balaban J connectivity index is 1.76. The normalized spacial score (nSPS) is 16.5. The van der Waals surface area contributed by atoms with E-state index in [2.05, 4.69) is 46.7 Å². The minimum Gasteiger partial charge on any atom is -0.355 e. The third-order valence-corrected chi connectivity index (χ3v) is 4.49. The molecule has 1 aliphatic rings. The second-order valence-electron chi connectivity index (χ2n) is 6.69. The van der Waals surface area contributed by atoms with Crippen LogP contribution in [0.3, 0.4) is 0 Å². The van der Waals surface area contributed by atoms with Crippen LogP contribution in [0.15, 0.2) is 24.3 Å². The molecular formula is C18H29N3O. The summed E-state index contributed by atoms with van der Waals surface area (Å²) in [6.45, 7) is 12.2. The number of benzene rings is 1. The Morgan fingerprint density at radius 1 is 1.23 bits per heavy atom. The Morgan fingerprint density at radius 2 is 1.86 bits per heavy atom. The second kappa shape index (κ2) is 7.75. The second-order valence-corrected chi connectivity index (χ2v) is 6.69. The average Bonchev–Trinajstić information content (AvgIpc) is 2.52. The maximum absolute atomic E-state index is 12.5. The highest BCUT2D eigenvalue weighted by molar-refractivity contribution is 5.87. The molecular weight excluding hydrogens is 274 g/mol. The molecule has 1 aromatic carbocycles. The molecule has 4 nitrogen and oxygen atoms in total. The fourth-order valence-corrected chi connectivity index (χ4v) is 2.76. The van der Waals surface area contributed by atoms with Crippen LogP contribution in [0.25, 0.3) is 0 Å². The molecule has 4 heteroatoms. The molecule has 0 aliphatic carbocycles. The molecule has 1 fully saturated rings. The monoisotopic (exact) mass is 303 g/mol. The lowest BCUT2D eigenvalue weighted by molar-refractivity contribution is -0.125. The van der Waals surface area contributed by atoms with Gasteiger partial charge in [0, 0.05) is 32.7 Å². The van der Waals surface area contributed by atoms with Crippen molar-refractivity contribution in [3.63, 3.8) is 0 Å². The molecule has 0 bridgehead atoms. The molecule has 0 radical (unpaired) electrons. The first-order valence-corrected chi connectivity index (χ1v) is 8.28. The number of piperazine rings is 1. The Hall–Kier alpha value is -1.39. The Kier molecular flexibility index (Phi) is 5.98. The number of aryl methyl sites for hydroxylation is 1. The largest absolute Gasteiger partial charge is 0.355 e. The van der Waals surface area contributed by atoms with Crippen molar-refractivity contribution in [3.05, 3.63) is 35.4 Å². The number of hydrogen-bond acceptors (Lipinski definition) is 3. The van der Waals surface area contributed by atoms with Crippen molar-refractivity contribution in [2.24, 2.45) is 0 Å². The van der Waals surface area contributed by atoms with Crippen molar-refractivity contribution in [3.8, 4) is 0 Å². The summed E-state index contributed by atoms with van der Waals surface area (Å²) in [6.07, 6.45) is 1.01. The molecule has 0 saturated carbocycles. The van der Waals surface area contributed by atoms with Gasteiger partial charge in [0.2, 0.25) is 5.91 Å². The topological polar surface area (TPSA) is 44.4 Å². The van der Waals surface area contributed by atoms with E-state index in [4.69, 9.17) is 0 Å². The van der Waals surface area contributed by atoms with Gasteiger partial charge in [-0.1, -0.05) is 29.8 Å². The first kappa shape index (κ1) is 17.0. The SMILES string of the molecule is Cc1ccc(C(C)(C)C(=O)NCCCN2CCNCC2)cc1. The maximum atomic E-state index is 12.5. The van der Waals surface area contributed by atoms with Gasteiger partial charge in [0.1, 0.15) is 0 Å². The number of nitrogens with zero attached hydrogens (tertiary/aromatic N) is 1. The summed E-state index contributed by atoms with van der Waals surface area (Å²) < 4.78 is 0. The first-order chi connectivity index (χ1) is 10.5. The molecule has 0 unspecified atom stereocenters. The summed E-state index contributed by atoms with van der Waals surface area (Å²) in [7, 11) is 0. The van der Waals surface area contributed by atoms with Gasteiger partial charge in [-0.2, -0.15) is 0 Å². The number of rotatable bonds is 6. The van der Waals surface area contributed by atoms with Crippen molar-refractivity contribution in [2.45, 2.75) is 32.6 Å². The lowest BCUT2D eigenvalue weighted by Gasteiger charge is -2.28. The third kappa shape index (κ3) is 4.55. The number of hydrogen-bond donors (Lipinski definition) is 2. The molecule has 2 N–H and O–H groups in total. The molecule has 1 saturated heterocycles. The summed E-state index contributed by atoms with van der Waals surface area (Å²) in [4.78, 5) is 14.9. The van der Waals surface area contributed by atoms with Crippen LogP contribution in [-0.4, -0.2) is 50.1 Å². The van der Waals surface area contributed by atoms with Crippen LogP contribution in [0.5, 0.6) is 0 Å². The number of carbonyl (C=O) groups is 1. The van der Waals surface area contributed by atoms with Gasteiger partial charge in [-0.05, 0) is 39.3 Å². The van der Waals surface area contributed by atoms with E-state index in [9.17, 15) is 4.79 Å². The van der Waals surface area contributed by atoms with Gasteiger partial charge in [-0.25, -0.2) is 0 Å². The smallest absolute Gasteiger partial charge is 0.230 e. The number of nitrogens with one attached hydrogen (secondary N) is 2. The van der Waals surface area contributed by atoms with Crippen molar-refractivity contribution in [2.75, 3.05) is 39.3 Å². The third-order valence-electron chi connectivity index (χ3n) is 4.49. The number of carbonyl (C=O) groups excluding carboxylic acids is 1. The molecule has 0 atom stereocenters. The highest BCUT2D eigenvalue weighted by Crippen LogP contribution is 2.23. The van der Waals surface area contributed by atoms with Gasteiger partial charge in [0.25, 0.3) is 0 Å². The van der Waals surface area contributed by atoms with E-state index in [-0.39, 0.29) is 5.91 Å². The zero-order valence-electron chi connectivity index (χ0n) is 14.1. The van der Waals surface area contributed by atoms with Gasteiger partial charge in [-0.3, -0.25) is 4.79 Å². The summed E-state index contributed by atoms with van der Waals surface area (Å²) in [5.41, 5.74) is 1.80. The van der Waals surface area contributed by atoms with Gasteiger partial charge in [-0.15, -0.1) is 0 Å². The Labute approximate surface area is 134 Å². The van der Waals surface area contributed by atoms with E-state index >= 15 is 0 Å². The molecule has 1 heterocycles. The lowest BCUT2D eigenvalue weighted by Crippen LogP contribution is -2.45. The molecule has 22 heavy (non-hydrogen) atoms. The van der Waals surface area contributed by atoms with Gasteiger partial charge < -0.3 is 15.5 Å². The quantitative estimate of drug-likeness (QED) is 0.786. The van der Waals surface area contributed by atoms with Crippen LogP contribution < -0.4 is 10.6 Å². The van der Waals surface area contributed by atoms with E-state index in [0.717, 1.165) is 51.3 Å². The minimum absolute atomic E-state index is 0.108. The predicted octanol–water partition coefficient (Wildman–Crippen LogP) is 1.68. The molecule has 1 aromatic rings. The lowest BCUT2D eigenvalue weighted by atomic mass is 9.83. The molecule has 1 amide bonds. The fraction of sp³-hybridized carbons (Fsp3) is 0.611. The van der Waals surface area contributed by atoms with E-state index in [1.807, 2.05) is 13.8 Å². The summed E-state index contributed by atoms with van der Waals surface area (Å²) >= 11 is 0. The van der Waals surface area contributed by atoms with Crippen molar-refractivity contribution in [1.29, 1.82) is 0 Å². The summed E-state index contributed by atoms with van der Waals surface area (Å²) in [6, 6.07) is 8.23. The van der Waals surface area contributed by atoms with Crippen LogP contribution in [-0.2, 0) is 10.2 Å². The minimum atomic E-state index is -0.483. The van der Waals surface area contributed by atoms with Crippen molar-refractivity contribution >= 4 is 5.91 Å². The molecule has 0 aromatic heterocycles. The van der Waals surface area contributed by atoms with Crippen LogP contribution >= 0.6 is 0 Å². The van der Waals surface area contributed by atoms with E-state index in [0.29, 0.717) is 0 Å². The van der Waals surface area contributed by atoms with Crippen LogP contribution in [0.4, 0.5) is 0 Å². The van der Waals surface area contributed by atoms with Gasteiger partial charge in [0.15, 0.2) is 0 Å².